The molecule has 0 bridgehead atoms. The van der Waals surface area contributed by atoms with Crippen LogP contribution in [0, 0.1) is 25.9 Å². The maximum absolute atomic E-state index is 7.56. The van der Waals surface area contributed by atoms with Crippen LogP contribution >= 0.6 is 0 Å². The predicted octanol–water partition coefficient (Wildman–Crippen LogP) is 15.7. The van der Waals surface area contributed by atoms with Gasteiger partial charge >= 0.3 is 165 Å². The number of hydrogen-bond acceptors (Lipinski definition) is 4. The van der Waals surface area contributed by atoms with Gasteiger partial charge in [-0.25, -0.2) is 0 Å². The maximum atomic E-state index is 7.56. The van der Waals surface area contributed by atoms with Gasteiger partial charge in [-0.3, -0.25) is 9.97 Å². The zero-order valence-electron chi connectivity index (χ0n) is 43.6. The van der Waals surface area contributed by atoms with E-state index < -0.39 is 20.1 Å². The summed E-state index contributed by atoms with van der Waals surface area (Å²) in [7, 11) is 0. The number of hydrogen-bond donors (Lipinski definition) is 0. The van der Waals surface area contributed by atoms with Gasteiger partial charge in [-0.05, 0) is 65.3 Å². The van der Waals surface area contributed by atoms with Gasteiger partial charge in [0.05, 0.1) is 28.1 Å². The van der Waals surface area contributed by atoms with Crippen LogP contribution in [0.1, 0.15) is 91.0 Å². The summed E-state index contributed by atoms with van der Waals surface area (Å²) in [6, 6.07) is 54.0. The molecule has 0 aliphatic carbocycles. The first-order chi connectivity index (χ1) is 33.3. The van der Waals surface area contributed by atoms with Crippen LogP contribution in [0.5, 0.6) is 0 Å². The van der Waals surface area contributed by atoms with Crippen molar-refractivity contribution in [2.75, 3.05) is 0 Å². The summed E-state index contributed by atoms with van der Waals surface area (Å²) in [4.78, 5) is 14.7. The van der Waals surface area contributed by atoms with E-state index in [4.69, 9.17) is 23.5 Å². The first-order valence-electron chi connectivity index (χ1n) is 24.8. The van der Waals surface area contributed by atoms with Gasteiger partial charge in [0, 0.05) is 37.4 Å². The molecule has 5 nitrogen and oxygen atoms in total. The summed E-state index contributed by atoms with van der Waals surface area (Å²) < 4.78 is 32.9. The first-order valence-corrected chi connectivity index (χ1v) is 30.7. The number of imidazole rings is 1. The predicted molar refractivity (Wildman–Crippen MR) is 284 cm³/mol. The van der Waals surface area contributed by atoms with Gasteiger partial charge in [0.15, 0.2) is 0 Å². The third-order valence-electron chi connectivity index (χ3n) is 13.0. The second kappa shape index (κ2) is 19.6. The summed E-state index contributed by atoms with van der Waals surface area (Å²) >= 11 is -2.18. The summed E-state index contributed by atoms with van der Waals surface area (Å²) in [6.45, 7) is 13.6. The smallest absolute Gasteiger partial charge is 0 e. The zero-order valence-corrected chi connectivity index (χ0v) is 45.1. The molecule has 4 heterocycles. The van der Waals surface area contributed by atoms with E-state index in [2.05, 4.69) is 173 Å². The van der Waals surface area contributed by atoms with E-state index in [9.17, 15) is 0 Å². The summed E-state index contributed by atoms with van der Waals surface area (Å²) in [5.74, 6) is 8.53. The topological polar surface area (TPSA) is 56.7 Å². The number of para-hydroxylation sites is 1. The Bertz CT molecular complexity index is 3470. The fourth-order valence-corrected chi connectivity index (χ4v) is 12.8. The largest absolute Gasteiger partial charge is 0 e. The van der Waals surface area contributed by atoms with Crippen molar-refractivity contribution in [1.29, 1.82) is 0 Å². The van der Waals surface area contributed by atoms with Gasteiger partial charge in [-0.15, -0.1) is 18.2 Å². The van der Waals surface area contributed by atoms with Crippen LogP contribution in [-0.2, 0) is 25.5 Å². The molecule has 6 aromatic carbocycles. The molecule has 0 unspecified atom stereocenters. The van der Waals surface area contributed by atoms with Crippen molar-refractivity contribution in [3.05, 3.63) is 198 Å². The Morgan fingerprint density at radius 1 is 0.735 bits per heavy atom. The third-order valence-corrected chi connectivity index (χ3v) is 17.2. The molecule has 0 aliphatic rings. The summed E-state index contributed by atoms with van der Waals surface area (Å²) in [5, 5.41) is 2.16. The number of nitrogens with zero attached hydrogens (tertiary/aromatic N) is 4. The molecule has 4 aromatic heterocycles. The Morgan fingerprint density at radius 2 is 1.41 bits per heavy atom. The van der Waals surface area contributed by atoms with Crippen LogP contribution in [0.2, 0.25) is 17.3 Å². The fourth-order valence-electron chi connectivity index (χ4n) is 9.35. The molecule has 0 saturated heterocycles. The average molecular weight is 1130 g/mol. The maximum Gasteiger partial charge on any atom is 0 e. The molecule has 345 valence electrons. The van der Waals surface area contributed by atoms with E-state index >= 15 is 0 Å². The van der Waals surface area contributed by atoms with E-state index in [0.717, 1.165) is 61.3 Å². The van der Waals surface area contributed by atoms with Crippen LogP contribution in [-0.4, -0.2) is 32.8 Å². The molecule has 7 heteroatoms. The summed E-state index contributed by atoms with van der Waals surface area (Å²) in [5.41, 5.74) is 15.9. The second-order valence-electron chi connectivity index (χ2n) is 19.8. The number of aromatic nitrogens is 4. The van der Waals surface area contributed by atoms with Crippen LogP contribution in [0.15, 0.2) is 156 Å². The number of furan rings is 1. The van der Waals surface area contributed by atoms with Crippen LogP contribution in [0.25, 0.3) is 72.4 Å². The van der Waals surface area contributed by atoms with Crippen molar-refractivity contribution < 1.29 is 28.6 Å². The van der Waals surface area contributed by atoms with Crippen LogP contribution in [0.4, 0.5) is 0 Å². The Balaban J connectivity index is 0.000000200. The summed E-state index contributed by atoms with van der Waals surface area (Å²) in [6.07, 6.45) is 3.89. The van der Waals surface area contributed by atoms with Crippen molar-refractivity contribution in [3.63, 3.8) is 0 Å². The van der Waals surface area contributed by atoms with E-state index in [1.807, 2.05) is 48.8 Å². The molecule has 0 aliphatic heterocycles. The van der Waals surface area contributed by atoms with E-state index in [-0.39, 0.29) is 37.4 Å². The number of aryl methyl sites for hydroxylation is 2. The monoisotopic (exact) mass is 1130 g/mol. The molecule has 10 rings (SSSR count). The van der Waals surface area contributed by atoms with E-state index in [0.29, 0.717) is 5.56 Å². The van der Waals surface area contributed by atoms with Gasteiger partial charge in [-0.1, -0.05) is 87.2 Å². The molecule has 0 spiro atoms. The van der Waals surface area contributed by atoms with Gasteiger partial charge in [-0.2, -0.15) is 0 Å². The number of rotatable bonds is 9. The molecule has 0 saturated carbocycles. The number of benzene rings is 6. The van der Waals surface area contributed by atoms with Gasteiger partial charge in [0.25, 0.3) is 0 Å². The number of fused-ring (bicyclic) bond motifs is 4. The third kappa shape index (κ3) is 9.31. The minimum absolute atomic E-state index is 0. The second-order valence-corrected chi connectivity index (χ2v) is 30.3. The SMILES string of the molecule is Cc1nccc2nc(-c3[c-]ccc4c3oc3ccccc34)n(-c3c(C(C)C)cc(-c4ccccc4)cc3C(C)C)c12.[2H]C([2H])([2H])c1c[c-]c(-c2cc(C(C)(C)c3ccccc3)[c]([Ge]([CH3])([CH3])[CH3])cn2)cc1.[Ir]. The zero-order chi connectivity index (χ0) is 49.7. The van der Waals surface area contributed by atoms with Crippen molar-refractivity contribution in [1.82, 2.24) is 19.5 Å². The first kappa shape index (κ1) is 44.6. The Labute approximate surface area is 423 Å². The van der Waals surface area contributed by atoms with Crippen molar-refractivity contribution in [2.45, 2.75) is 89.8 Å². The van der Waals surface area contributed by atoms with E-state index in [1.54, 1.807) is 12.1 Å². The molecule has 0 amide bonds. The number of pyridine rings is 2. The fraction of sp³-hybridized carbons (Fsp3) is 0.230. The Kier molecular flexibility index (Phi) is 12.8. The van der Waals surface area contributed by atoms with Crippen LogP contribution in [0.3, 0.4) is 0 Å². The van der Waals surface area contributed by atoms with Gasteiger partial charge in [0.1, 0.15) is 5.58 Å². The molecule has 0 atom stereocenters. The normalized spacial score (nSPS) is 12.7. The van der Waals surface area contributed by atoms with Crippen LogP contribution < -0.4 is 4.40 Å². The van der Waals surface area contributed by atoms with Crippen molar-refractivity contribution >= 4 is 50.6 Å². The molecule has 10 aromatic rings. The molecular weight excluding hydrogens is 1070 g/mol. The van der Waals surface area contributed by atoms with Crippen molar-refractivity contribution in [2.24, 2.45) is 0 Å². The Hall–Kier alpha value is -5.92. The molecule has 0 fully saturated rings. The standard InChI is InChI=1S/C37H32N3O.C24H28GeN.Ir/c1-22(2)30-20-26(25-12-7-6-8-13-25)21-31(23(3)4)35(30)40-34-24(5)38-19-18-32(34)39-37(40)29-16-11-15-28-27-14-9-10-17-33(27)41-36(28)29;1-18-12-14-19(15-13-18)23-16-21(22(17-26-23)25(4,5)6)24(2,3)20-10-8-7-9-11-20;/h6-15,17-23H,1-5H3;7-14,16-17H,1-6H3;/q2*-1;/i;1D3;. The average Bonchev–Trinajstić information content (AvgIpc) is 3.93. The molecule has 68 heavy (non-hydrogen) atoms. The van der Waals surface area contributed by atoms with E-state index in [1.165, 1.54) is 43.5 Å². The molecular formula is C61H60GeIrN4O-2. The van der Waals surface area contributed by atoms with Crippen molar-refractivity contribution in [3.8, 4) is 39.5 Å². The minimum Gasteiger partial charge on any atom is 0 e. The minimum atomic E-state index is -2.18. The quantitative estimate of drug-likeness (QED) is 0.107. The Morgan fingerprint density at radius 3 is 2.06 bits per heavy atom. The van der Waals surface area contributed by atoms with Gasteiger partial charge < -0.3 is 8.98 Å². The molecule has 0 N–H and O–H groups in total. The molecule has 1 radical (unpaired) electrons. The van der Waals surface area contributed by atoms with Gasteiger partial charge in [0.2, 0.25) is 0 Å².